The van der Waals surface area contributed by atoms with Crippen molar-refractivity contribution in [1.29, 1.82) is 0 Å². The van der Waals surface area contributed by atoms with Crippen LogP contribution in [-0.2, 0) is 9.84 Å². The summed E-state index contributed by atoms with van der Waals surface area (Å²) in [7, 11) is -2.84. The van der Waals surface area contributed by atoms with Crippen LogP contribution in [0.3, 0.4) is 0 Å². The minimum atomic E-state index is -2.84. The summed E-state index contributed by atoms with van der Waals surface area (Å²) in [6, 6.07) is 0. The molecule has 1 aliphatic heterocycles. The van der Waals surface area contributed by atoms with E-state index < -0.39 is 9.84 Å². The fourth-order valence-corrected chi connectivity index (χ4v) is 14.3. The van der Waals surface area contributed by atoms with Crippen molar-refractivity contribution >= 4 is 9.84 Å². The van der Waals surface area contributed by atoms with E-state index in [0.29, 0.717) is 52.7 Å². The van der Waals surface area contributed by atoms with Crippen molar-refractivity contribution in [1.82, 2.24) is 10.2 Å². The second kappa shape index (κ2) is 11.8. The maximum Gasteiger partial charge on any atom is 0.152 e. The lowest BCUT2D eigenvalue weighted by atomic mass is 9.33. The molecule has 0 radical (unpaired) electrons. The van der Waals surface area contributed by atoms with Crippen molar-refractivity contribution in [3.05, 3.63) is 48.1 Å². The molecule has 9 atom stereocenters. The molecule has 6 rings (SSSR count). The lowest BCUT2D eigenvalue weighted by molar-refractivity contribution is -0.221. The Morgan fingerprint density at radius 1 is 0.956 bits per heavy atom. The minimum absolute atomic E-state index is 0.198. The predicted molar refractivity (Wildman–Crippen MR) is 190 cm³/mol. The Bertz CT molecular complexity index is 1350. The molecule has 0 aromatic rings. The summed E-state index contributed by atoms with van der Waals surface area (Å²) < 4.78 is 24.0. The number of hydrogen-bond acceptors (Lipinski definition) is 4. The van der Waals surface area contributed by atoms with Crippen LogP contribution in [0.4, 0.5) is 0 Å². The molecule has 0 aromatic carbocycles. The first-order chi connectivity index (χ1) is 21.1. The summed E-state index contributed by atoms with van der Waals surface area (Å²) in [5, 5.41) is 4.22. The van der Waals surface area contributed by atoms with Gasteiger partial charge < -0.3 is 10.2 Å². The molecule has 0 aromatic heterocycles. The zero-order valence-electron chi connectivity index (χ0n) is 29.8. The van der Waals surface area contributed by atoms with E-state index in [9.17, 15) is 8.42 Å². The van der Waals surface area contributed by atoms with Gasteiger partial charge in [-0.25, -0.2) is 8.42 Å². The summed E-state index contributed by atoms with van der Waals surface area (Å²) in [5.41, 5.74) is 4.39. The third-order valence-corrected chi connectivity index (χ3v) is 17.2. The number of rotatable bonds is 7. The summed E-state index contributed by atoms with van der Waals surface area (Å²) in [6.07, 6.45) is 23.4. The smallest absolute Gasteiger partial charge is 0.152 e. The van der Waals surface area contributed by atoms with E-state index >= 15 is 0 Å². The first-order valence-electron chi connectivity index (χ1n) is 18.5. The average molecular weight is 637 g/mol. The first kappa shape index (κ1) is 33.7. The lowest BCUT2D eigenvalue weighted by Gasteiger charge is -2.72. The van der Waals surface area contributed by atoms with Gasteiger partial charge in [0.25, 0.3) is 0 Å². The Morgan fingerprint density at radius 2 is 1.69 bits per heavy atom. The average Bonchev–Trinajstić information content (AvgIpc) is 3.36. The van der Waals surface area contributed by atoms with Gasteiger partial charge in [-0.05, 0) is 128 Å². The van der Waals surface area contributed by atoms with E-state index in [1.165, 1.54) is 63.4 Å². The summed E-state index contributed by atoms with van der Waals surface area (Å²) in [5.74, 6) is 4.13. The van der Waals surface area contributed by atoms with Crippen LogP contribution in [0.2, 0.25) is 0 Å². The van der Waals surface area contributed by atoms with Crippen LogP contribution in [0, 0.1) is 51.2 Å². The predicted octanol–water partition coefficient (Wildman–Crippen LogP) is 8.39. The number of fused-ring (bicyclic) bond motifs is 7. The molecule has 0 bridgehead atoms. The van der Waals surface area contributed by atoms with Crippen LogP contribution in [0.25, 0.3) is 0 Å². The molecule has 252 valence electrons. The third-order valence-electron chi connectivity index (χ3n) is 15.6. The van der Waals surface area contributed by atoms with Crippen molar-refractivity contribution < 1.29 is 8.42 Å². The molecular weight excluding hydrogens is 573 g/mol. The van der Waals surface area contributed by atoms with Gasteiger partial charge in [0.1, 0.15) is 0 Å². The molecule has 1 saturated heterocycles. The Kier molecular flexibility index (Phi) is 8.81. The molecule has 5 fully saturated rings. The highest BCUT2D eigenvalue weighted by atomic mass is 32.2. The maximum atomic E-state index is 12.0. The summed E-state index contributed by atoms with van der Waals surface area (Å²) in [6.45, 7) is 25.6. The van der Waals surface area contributed by atoms with Crippen LogP contribution in [0.15, 0.2) is 48.1 Å². The molecule has 0 amide bonds. The Morgan fingerprint density at radius 3 is 2.38 bits per heavy atom. The molecule has 5 aliphatic carbocycles. The quantitative estimate of drug-likeness (QED) is 0.225. The van der Waals surface area contributed by atoms with Crippen molar-refractivity contribution in [3.63, 3.8) is 0 Å². The van der Waals surface area contributed by atoms with Crippen LogP contribution in [0.1, 0.15) is 106 Å². The first-order valence-corrected chi connectivity index (χ1v) is 20.3. The largest absolute Gasteiger partial charge is 0.310 e. The van der Waals surface area contributed by atoms with E-state index in [1.54, 1.807) is 5.57 Å². The highest BCUT2D eigenvalue weighted by Crippen LogP contribution is 2.76. The van der Waals surface area contributed by atoms with E-state index in [4.69, 9.17) is 0 Å². The Hall–Kier alpha value is -1.17. The number of allylic oxidation sites excluding steroid dienone is 7. The number of sulfone groups is 1. The van der Waals surface area contributed by atoms with Crippen molar-refractivity contribution in [2.75, 3.05) is 37.7 Å². The molecule has 4 nitrogen and oxygen atoms in total. The number of nitrogens with one attached hydrogen (secondary N) is 1. The van der Waals surface area contributed by atoms with E-state index in [-0.39, 0.29) is 11.0 Å². The van der Waals surface area contributed by atoms with Crippen molar-refractivity contribution in [2.45, 2.75) is 112 Å². The van der Waals surface area contributed by atoms with Gasteiger partial charge in [0, 0.05) is 31.7 Å². The normalized spacial score (nSPS) is 45.8. The molecule has 5 heteroatoms. The summed E-state index contributed by atoms with van der Waals surface area (Å²) in [4.78, 5) is 2.37. The van der Waals surface area contributed by atoms with E-state index in [1.807, 2.05) is 0 Å². The zero-order valence-corrected chi connectivity index (χ0v) is 30.6. The number of hydrogen-bond donors (Lipinski definition) is 1. The molecular formula is C40H64N2O2S. The molecule has 45 heavy (non-hydrogen) atoms. The SMILES string of the molecule is C=C(C)[C@@H]1CC[C@]2(NCCN3CCS(=O)(=O)CC3)CC[C@]3(C)[C@H](CC[C@@H]4[C@@]5(C)CC=C(/C=C/C=C/C)C(C)(C)[C@@H]5CC[C@]43C)[C@@H]12. The van der Waals surface area contributed by atoms with Gasteiger partial charge in [-0.2, -0.15) is 0 Å². The topological polar surface area (TPSA) is 49.4 Å². The van der Waals surface area contributed by atoms with Crippen LogP contribution in [-0.4, -0.2) is 56.5 Å². The molecule has 0 unspecified atom stereocenters. The maximum absolute atomic E-state index is 12.0. The Balaban J connectivity index is 1.26. The summed E-state index contributed by atoms with van der Waals surface area (Å²) >= 11 is 0. The van der Waals surface area contributed by atoms with E-state index in [0.717, 1.165) is 30.8 Å². The van der Waals surface area contributed by atoms with Gasteiger partial charge in [-0.1, -0.05) is 77.2 Å². The second-order valence-corrected chi connectivity index (χ2v) is 20.0. The van der Waals surface area contributed by atoms with Crippen LogP contribution in [0.5, 0.6) is 0 Å². The van der Waals surface area contributed by atoms with Gasteiger partial charge in [0.2, 0.25) is 0 Å². The molecule has 1 N–H and O–H groups in total. The van der Waals surface area contributed by atoms with Crippen LogP contribution < -0.4 is 5.32 Å². The highest BCUT2D eigenvalue weighted by Gasteiger charge is 2.70. The van der Waals surface area contributed by atoms with E-state index in [2.05, 4.69) is 95.6 Å². The monoisotopic (exact) mass is 636 g/mol. The second-order valence-electron chi connectivity index (χ2n) is 17.7. The minimum Gasteiger partial charge on any atom is -0.310 e. The fourth-order valence-electron chi connectivity index (χ4n) is 13.1. The zero-order chi connectivity index (χ0) is 32.5. The third kappa shape index (κ3) is 5.32. The van der Waals surface area contributed by atoms with Gasteiger partial charge >= 0.3 is 0 Å². The van der Waals surface area contributed by atoms with Crippen LogP contribution >= 0.6 is 0 Å². The van der Waals surface area contributed by atoms with Crippen molar-refractivity contribution in [2.24, 2.45) is 51.2 Å². The lowest BCUT2D eigenvalue weighted by Crippen LogP contribution is -2.68. The molecule has 6 aliphatic rings. The molecule has 0 spiro atoms. The van der Waals surface area contributed by atoms with Gasteiger partial charge in [0.15, 0.2) is 9.84 Å². The van der Waals surface area contributed by atoms with Gasteiger partial charge in [-0.15, -0.1) is 0 Å². The van der Waals surface area contributed by atoms with Gasteiger partial charge in [-0.3, -0.25) is 0 Å². The fraction of sp³-hybridized carbons (Fsp3) is 0.800. The standard InChI is InChI=1S/C40H64N2O2S/c1-9-10-11-12-30-15-18-37(6)33(36(30,4)5)17-19-39(8)34(37)14-13-32-35-31(29(2)3)16-20-40(35,22-21-38(32,39)7)41-23-24-42-25-27-45(43,44)28-26-42/h9-12,15,31-35,41H,2,13-14,16-28H2,1,3-8H3/b10-9+,12-11+/t31-,32+,33-,34+,35+,37-,38+,39+,40-/m0/s1. The molecule has 1 heterocycles. The molecule has 4 saturated carbocycles. The Labute approximate surface area is 276 Å². The number of nitrogens with zero attached hydrogens (tertiary/aromatic N) is 1. The van der Waals surface area contributed by atoms with Crippen molar-refractivity contribution in [3.8, 4) is 0 Å². The highest BCUT2D eigenvalue weighted by molar-refractivity contribution is 7.91. The van der Waals surface area contributed by atoms with Gasteiger partial charge in [0.05, 0.1) is 11.5 Å².